The van der Waals surface area contributed by atoms with E-state index in [1.807, 2.05) is 6.07 Å². The molecule has 86 valence electrons. The van der Waals surface area contributed by atoms with Crippen LogP contribution in [-0.4, -0.2) is 18.0 Å². The van der Waals surface area contributed by atoms with Gasteiger partial charge in [0, 0.05) is 6.54 Å². The molecule has 0 spiro atoms. The summed E-state index contributed by atoms with van der Waals surface area (Å²) in [7, 11) is 0. The minimum atomic E-state index is 0.0354. The topological polar surface area (TPSA) is 29.4 Å². The molecule has 0 bridgehead atoms. The van der Waals surface area contributed by atoms with Gasteiger partial charge >= 0.3 is 0 Å². The van der Waals surface area contributed by atoms with Crippen LogP contribution in [0, 0.1) is 0 Å². The molecular weight excluding hydrogens is 210 g/mol. The number of ketones is 1. The molecule has 2 rings (SSSR count). The summed E-state index contributed by atoms with van der Waals surface area (Å²) in [5.74, 6) is 0.0354. The van der Waals surface area contributed by atoms with Crippen molar-refractivity contribution in [1.29, 1.82) is 0 Å². The monoisotopic (exact) mass is 225 g/mol. The molecule has 0 fully saturated rings. The first-order chi connectivity index (χ1) is 8.34. The molecule has 2 nitrogen and oxygen atoms in total. The number of allylic oxidation sites excluding steroid dienone is 4. The fourth-order valence-corrected chi connectivity index (χ4v) is 1.69. The SMILES string of the molecule is O=C1C=CC(=NCCCc2ccccc2)C=C1. The molecule has 0 saturated carbocycles. The fraction of sp³-hybridized carbons (Fsp3) is 0.200. The van der Waals surface area contributed by atoms with E-state index in [1.54, 1.807) is 24.3 Å². The number of benzene rings is 1. The Morgan fingerprint density at radius 3 is 2.35 bits per heavy atom. The largest absolute Gasteiger partial charge is 0.290 e. The highest BCUT2D eigenvalue weighted by molar-refractivity contribution is 6.16. The lowest BCUT2D eigenvalue weighted by Crippen LogP contribution is -2.00. The maximum absolute atomic E-state index is 10.9. The second-order valence-electron chi connectivity index (χ2n) is 3.96. The number of carbonyl (C=O) groups is 1. The minimum Gasteiger partial charge on any atom is -0.290 e. The summed E-state index contributed by atoms with van der Waals surface area (Å²) in [6.45, 7) is 0.799. The summed E-state index contributed by atoms with van der Waals surface area (Å²) in [6, 6.07) is 10.4. The average molecular weight is 225 g/mol. The molecule has 0 amide bonds. The van der Waals surface area contributed by atoms with Crippen LogP contribution in [0.4, 0.5) is 0 Å². The minimum absolute atomic E-state index is 0.0354. The van der Waals surface area contributed by atoms with Crippen molar-refractivity contribution in [3.63, 3.8) is 0 Å². The van der Waals surface area contributed by atoms with Crippen LogP contribution in [0.2, 0.25) is 0 Å². The molecule has 2 heteroatoms. The molecule has 1 aliphatic rings. The second kappa shape index (κ2) is 5.94. The lowest BCUT2D eigenvalue weighted by Gasteiger charge is -2.01. The van der Waals surface area contributed by atoms with Crippen LogP contribution in [0.1, 0.15) is 12.0 Å². The van der Waals surface area contributed by atoms with E-state index in [0.717, 1.165) is 25.1 Å². The highest BCUT2D eigenvalue weighted by atomic mass is 16.1. The summed E-state index contributed by atoms with van der Waals surface area (Å²) in [4.78, 5) is 15.3. The lowest BCUT2D eigenvalue weighted by atomic mass is 10.1. The summed E-state index contributed by atoms with van der Waals surface area (Å²) in [5, 5.41) is 0. The van der Waals surface area contributed by atoms with Gasteiger partial charge in [-0.25, -0.2) is 0 Å². The zero-order valence-corrected chi connectivity index (χ0v) is 9.67. The molecule has 0 unspecified atom stereocenters. The van der Waals surface area contributed by atoms with E-state index < -0.39 is 0 Å². The maximum Gasteiger partial charge on any atom is 0.178 e. The standard InChI is InChI=1S/C15H15NO/c17-15-10-8-14(9-11-15)16-12-4-7-13-5-2-1-3-6-13/h1-3,5-6,8-11H,4,7,12H2. The van der Waals surface area contributed by atoms with Gasteiger partial charge in [0.25, 0.3) is 0 Å². The maximum atomic E-state index is 10.9. The molecule has 0 atom stereocenters. The van der Waals surface area contributed by atoms with E-state index in [1.165, 1.54) is 5.56 Å². The molecule has 0 aliphatic heterocycles. The van der Waals surface area contributed by atoms with Crippen molar-refractivity contribution in [3.8, 4) is 0 Å². The zero-order valence-electron chi connectivity index (χ0n) is 9.67. The highest BCUT2D eigenvalue weighted by Gasteiger charge is 1.98. The number of nitrogens with zero attached hydrogens (tertiary/aromatic N) is 1. The third-order valence-corrected chi connectivity index (χ3v) is 2.60. The van der Waals surface area contributed by atoms with Crippen LogP contribution in [0.3, 0.4) is 0 Å². The van der Waals surface area contributed by atoms with Crippen molar-refractivity contribution in [2.75, 3.05) is 6.54 Å². The lowest BCUT2D eigenvalue weighted by molar-refractivity contribution is -0.110. The van der Waals surface area contributed by atoms with Gasteiger partial charge in [-0.2, -0.15) is 0 Å². The van der Waals surface area contributed by atoms with Gasteiger partial charge in [-0.1, -0.05) is 30.3 Å². The molecule has 1 aromatic carbocycles. The van der Waals surface area contributed by atoms with E-state index in [9.17, 15) is 4.79 Å². The van der Waals surface area contributed by atoms with Crippen LogP contribution in [0.5, 0.6) is 0 Å². The Balaban J connectivity index is 1.77. The van der Waals surface area contributed by atoms with E-state index in [0.29, 0.717) is 0 Å². The first-order valence-corrected chi connectivity index (χ1v) is 5.83. The Kier molecular flexibility index (Phi) is 4.03. The van der Waals surface area contributed by atoms with Gasteiger partial charge in [0.2, 0.25) is 0 Å². The fourth-order valence-electron chi connectivity index (χ4n) is 1.69. The van der Waals surface area contributed by atoms with E-state index >= 15 is 0 Å². The van der Waals surface area contributed by atoms with Gasteiger partial charge in [-0.05, 0) is 42.7 Å². The molecule has 0 heterocycles. The highest BCUT2D eigenvalue weighted by Crippen LogP contribution is 2.03. The Bertz CT molecular complexity index is 451. The van der Waals surface area contributed by atoms with Gasteiger partial charge in [0.05, 0.1) is 5.71 Å². The predicted octanol–water partition coefficient (Wildman–Crippen LogP) is 2.76. The second-order valence-corrected chi connectivity index (χ2v) is 3.96. The smallest absolute Gasteiger partial charge is 0.178 e. The van der Waals surface area contributed by atoms with Crippen LogP contribution in [0.25, 0.3) is 0 Å². The predicted molar refractivity (Wildman–Crippen MR) is 70.4 cm³/mol. The summed E-state index contributed by atoms with van der Waals surface area (Å²) in [6.07, 6.45) is 8.72. The first kappa shape index (κ1) is 11.5. The van der Waals surface area contributed by atoms with Gasteiger partial charge in [0.1, 0.15) is 0 Å². The quantitative estimate of drug-likeness (QED) is 0.572. The van der Waals surface area contributed by atoms with Crippen LogP contribution in [-0.2, 0) is 11.2 Å². The third kappa shape index (κ3) is 3.83. The van der Waals surface area contributed by atoms with Crippen LogP contribution < -0.4 is 0 Å². The van der Waals surface area contributed by atoms with E-state index in [4.69, 9.17) is 0 Å². The molecule has 0 N–H and O–H groups in total. The van der Waals surface area contributed by atoms with Crippen LogP contribution in [0.15, 0.2) is 59.6 Å². The van der Waals surface area contributed by atoms with Gasteiger partial charge in [-0.15, -0.1) is 0 Å². The molecule has 0 aromatic heterocycles. The molecule has 1 aromatic rings. The summed E-state index contributed by atoms with van der Waals surface area (Å²) in [5.41, 5.74) is 2.23. The van der Waals surface area contributed by atoms with Crippen molar-refractivity contribution in [1.82, 2.24) is 0 Å². The van der Waals surface area contributed by atoms with Gasteiger partial charge < -0.3 is 0 Å². The molecule has 1 aliphatic carbocycles. The van der Waals surface area contributed by atoms with Crippen molar-refractivity contribution < 1.29 is 4.79 Å². The molecular formula is C15H15NO. The molecule has 0 radical (unpaired) electrons. The first-order valence-electron chi connectivity index (χ1n) is 5.83. The van der Waals surface area contributed by atoms with Gasteiger partial charge in [0.15, 0.2) is 5.78 Å². The van der Waals surface area contributed by atoms with Crippen molar-refractivity contribution in [3.05, 3.63) is 60.2 Å². The van der Waals surface area contributed by atoms with Crippen molar-refractivity contribution >= 4 is 11.5 Å². The Hall–Kier alpha value is -1.96. The number of hydrogen-bond donors (Lipinski definition) is 0. The number of carbonyl (C=O) groups excluding carboxylic acids is 1. The average Bonchev–Trinajstić information content (AvgIpc) is 2.38. The number of aryl methyl sites for hydroxylation is 1. The Morgan fingerprint density at radius 2 is 1.65 bits per heavy atom. The molecule has 17 heavy (non-hydrogen) atoms. The molecule has 0 saturated heterocycles. The summed E-state index contributed by atoms with van der Waals surface area (Å²) < 4.78 is 0. The van der Waals surface area contributed by atoms with Crippen LogP contribution >= 0.6 is 0 Å². The Morgan fingerprint density at radius 1 is 0.941 bits per heavy atom. The Labute approximate surface area is 101 Å². The number of rotatable bonds is 4. The summed E-state index contributed by atoms with van der Waals surface area (Å²) >= 11 is 0. The van der Waals surface area contributed by atoms with Crippen molar-refractivity contribution in [2.45, 2.75) is 12.8 Å². The van der Waals surface area contributed by atoms with E-state index in [-0.39, 0.29) is 5.78 Å². The third-order valence-electron chi connectivity index (χ3n) is 2.60. The van der Waals surface area contributed by atoms with E-state index in [2.05, 4.69) is 29.3 Å². The van der Waals surface area contributed by atoms with Crippen molar-refractivity contribution in [2.24, 2.45) is 4.99 Å². The van der Waals surface area contributed by atoms with Gasteiger partial charge in [-0.3, -0.25) is 9.79 Å². The number of hydrogen-bond acceptors (Lipinski definition) is 2. The normalized spacial score (nSPS) is 14.1. The zero-order chi connectivity index (χ0) is 11.9. The number of aliphatic imine (C=N–C) groups is 1.